The molecule has 1 aliphatic heterocycles. The number of amides is 1. The Hall–Kier alpha value is -2.34. The van der Waals surface area contributed by atoms with Crippen LogP contribution in [-0.2, 0) is 4.79 Å². The maximum Gasteiger partial charge on any atom is 0.227 e. The second kappa shape index (κ2) is 10.4. The largest absolute Gasteiger partial charge is 0.508 e. The molecule has 0 radical (unpaired) electrons. The van der Waals surface area contributed by atoms with Gasteiger partial charge in [-0.05, 0) is 61.3 Å². The van der Waals surface area contributed by atoms with E-state index in [-0.39, 0.29) is 5.91 Å². The lowest BCUT2D eigenvalue weighted by molar-refractivity contribution is -0.117. The number of ether oxygens (including phenoxy) is 2. The smallest absolute Gasteiger partial charge is 0.227 e. The zero-order valence-electron chi connectivity index (χ0n) is 17.1. The average molecular weight is 416 g/mol. The van der Waals surface area contributed by atoms with Crippen molar-refractivity contribution in [2.45, 2.75) is 31.6 Å². The van der Waals surface area contributed by atoms with Crippen LogP contribution in [-0.4, -0.2) is 43.3 Å². The molecule has 2 aliphatic rings. The minimum absolute atomic E-state index is 0.179. The van der Waals surface area contributed by atoms with Gasteiger partial charge in [0.1, 0.15) is 5.75 Å². The highest BCUT2D eigenvalue weighted by molar-refractivity contribution is 7.98. The number of rotatable bonds is 7. The highest BCUT2D eigenvalue weighted by atomic mass is 32.2. The molecular weight excluding hydrogens is 386 g/mol. The summed E-state index contributed by atoms with van der Waals surface area (Å²) in [6.45, 7) is 1.44. The lowest BCUT2D eigenvalue weighted by atomic mass is 10.1. The van der Waals surface area contributed by atoms with E-state index in [4.69, 9.17) is 14.6 Å². The Balaban J connectivity index is 0.000000200. The highest BCUT2D eigenvalue weighted by Gasteiger charge is 2.23. The first kappa shape index (κ1) is 21.4. The van der Waals surface area contributed by atoms with Crippen molar-refractivity contribution in [3.05, 3.63) is 48.0 Å². The first-order valence-corrected chi connectivity index (χ1v) is 11.4. The predicted octanol–water partition coefficient (Wildman–Crippen LogP) is 4.83. The Bertz CT molecular complexity index is 805. The zero-order chi connectivity index (χ0) is 20.6. The van der Waals surface area contributed by atoms with Gasteiger partial charge in [-0.2, -0.15) is 11.8 Å². The second-order valence-electron chi connectivity index (χ2n) is 7.19. The number of thioether (sulfide) groups is 1. The minimum atomic E-state index is 0.179. The van der Waals surface area contributed by atoms with Gasteiger partial charge in [0, 0.05) is 30.5 Å². The number of nitrogens with zero attached hydrogens (tertiary/aromatic N) is 1. The third-order valence-corrected chi connectivity index (χ3v) is 5.59. The molecule has 6 heteroatoms. The van der Waals surface area contributed by atoms with E-state index in [9.17, 15) is 4.79 Å². The minimum Gasteiger partial charge on any atom is -0.508 e. The lowest BCUT2D eigenvalue weighted by Gasteiger charge is -2.18. The topological polar surface area (TPSA) is 59.0 Å². The molecule has 0 spiro atoms. The van der Waals surface area contributed by atoms with Crippen LogP contribution in [0.25, 0.3) is 0 Å². The van der Waals surface area contributed by atoms with E-state index in [1.807, 2.05) is 36.6 Å². The van der Waals surface area contributed by atoms with Crippen molar-refractivity contribution in [3.63, 3.8) is 0 Å². The molecule has 156 valence electrons. The summed E-state index contributed by atoms with van der Waals surface area (Å²) in [4.78, 5) is 13.5. The number of carbonyl (C=O) groups excluding carboxylic acids is 1. The molecule has 0 atom stereocenters. The summed E-state index contributed by atoms with van der Waals surface area (Å²) in [6.07, 6.45) is 6.25. The van der Waals surface area contributed by atoms with E-state index in [0.29, 0.717) is 24.5 Å². The summed E-state index contributed by atoms with van der Waals surface area (Å²) < 4.78 is 11.0. The molecule has 0 bridgehead atoms. The maximum atomic E-state index is 11.7. The van der Waals surface area contributed by atoms with Gasteiger partial charge >= 0.3 is 0 Å². The number of methoxy groups -OCH3 is 1. The molecule has 0 unspecified atom stereocenters. The summed E-state index contributed by atoms with van der Waals surface area (Å²) in [5.74, 6) is 3.68. The van der Waals surface area contributed by atoms with Crippen LogP contribution in [0.4, 0.5) is 5.69 Å². The first-order chi connectivity index (χ1) is 14.1. The number of aromatic hydroxyl groups is 1. The normalized spacial score (nSPS) is 15.7. The number of phenols is 1. The van der Waals surface area contributed by atoms with Gasteiger partial charge in [0.2, 0.25) is 5.91 Å². The molecule has 1 amide bonds. The standard InChI is InChI=1S/C14H19NO3S.C9H10O/c1-17-13-10-11(15-7-3-4-14(15)16)5-6-12(13)18-8-9-19-2;10-9-5-3-8(4-6-9)7-1-2-7/h5-6,10H,3-4,7-9H2,1-2H3;3-7,10H,1-2H2. The fraction of sp³-hybridized carbons (Fsp3) is 0.435. The van der Waals surface area contributed by atoms with Crippen LogP contribution in [0.5, 0.6) is 17.2 Å². The Morgan fingerprint density at radius 3 is 2.48 bits per heavy atom. The Morgan fingerprint density at radius 1 is 1.14 bits per heavy atom. The number of anilines is 1. The van der Waals surface area contributed by atoms with Gasteiger partial charge in [-0.1, -0.05) is 12.1 Å². The van der Waals surface area contributed by atoms with E-state index >= 15 is 0 Å². The molecule has 29 heavy (non-hydrogen) atoms. The fourth-order valence-electron chi connectivity index (χ4n) is 3.26. The van der Waals surface area contributed by atoms with Crippen LogP contribution in [0, 0.1) is 0 Å². The van der Waals surface area contributed by atoms with Gasteiger partial charge < -0.3 is 19.5 Å². The lowest BCUT2D eigenvalue weighted by Crippen LogP contribution is -2.23. The molecule has 4 rings (SSSR count). The third kappa shape index (κ3) is 6.07. The van der Waals surface area contributed by atoms with Crippen LogP contribution >= 0.6 is 11.8 Å². The number of hydrogen-bond donors (Lipinski definition) is 1. The van der Waals surface area contributed by atoms with Gasteiger partial charge in [0.05, 0.1) is 13.7 Å². The third-order valence-electron chi connectivity index (χ3n) is 5.02. The van der Waals surface area contributed by atoms with Gasteiger partial charge in [0.25, 0.3) is 0 Å². The predicted molar refractivity (Wildman–Crippen MR) is 119 cm³/mol. The van der Waals surface area contributed by atoms with E-state index in [2.05, 4.69) is 0 Å². The number of hydrogen-bond acceptors (Lipinski definition) is 5. The molecule has 1 aliphatic carbocycles. The van der Waals surface area contributed by atoms with Crippen LogP contribution in [0.1, 0.15) is 37.2 Å². The molecule has 0 aromatic heterocycles. The van der Waals surface area contributed by atoms with E-state index in [0.717, 1.165) is 36.1 Å². The average Bonchev–Trinajstić information content (AvgIpc) is 3.50. The van der Waals surface area contributed by atoms with Crippen LogP contribution in [0.15, 0.2) is 42.5 Å². The summed E-state index contributed by atoms with van der Waals surface area (Å²) in [7, 11) is 1.62. The molecule has 1 saturated heterocycles. The number of benzene rings is 2. The van der Waals surface area contributed by atoms with Gasteiger partial charge in [-0.25, -0.2) is 0 Å². The summed E-state index contributed by atoms with van der Waals surface area (Å²) in [5.41, 5.74) is 2.26. The van der Waals surface area contributed by atoms with Gasteiger partial charge in [-0.15, -0.1) is 0 Å². The Morgan fingerprint density at radius 2 is 1.90 bits per heavy atom. The van der Waals surface area contributed by atoms with Gasteiger partial charge in [-0.3, -0.25) is 4.79 Å². The van der Waals surface area contributed by atoms with Crippen LogP contribution in [0.2, 0.25) is 0 Å². The monoisotopic (exact) mass is 415 g/mol. The molecule has 2 aromatic rings. The maximum absolute atomic E-state index is 11.7. The van der Waals surface area contributed by atoms with E-state index in [1.54, 1.807) is 35.9 Å². The summed E-state index contributed by atoms with van der Waals surface area (Å²) in [5, 5.41) is 8.96. The number of phenolic OH excluding ortho intramolecular Hbond substituents is 1. The van der Waals surface area contributed by atoms with E-state index < -0.39 is 0 Å². The molecule has 2 aromatic carbocycles. The van der Waals surface area contributed by atoms with Crippen molar-refractivity contribution in [2.24, 2.45) is 0 Å². The molecule has 5 nitrogen and oxygen atoms in total. The molecule has 1 saturated carbocycles. The molecule has 1 heterocycles. The first-order valence-electron chi connectivity index (χ1n) is 10.0. The van der Waals surface area contributed by atoms with Crippen molar-refractivity contribution >= 4 is 23.4 Å². The van der Waals surface area contributed by atoms with Crippen molar-refractivity contribution < 1.29 is 19.4 Å². The van der Waals surface area contributed by atoms with Crippen LogP contribution < -0.4 is 14.4 Å². The van der Waals surface area contributed by atoms with E-state index in [1.165, 1.54) is 18.4 Å². The summed E-state index contributed by atoms with van der Waals surface area (Å²) >= 11 is 1.74. The Labute approximate surface area is 177 Å². The highest BCUT2D eigenvalue weighted by Crippen LogP contribution is 2.40. The van der Waals surface area contributed by atoms with Crippen molar-refractivity contribution in [3.8, 4) is 17.2 Å². The molecular formula is C23H29NO4S. The zero-order valence-corrected chi connectivity index (χ0v) is 17.9. The van der Waals surface area contributed by atoms with Gasteiger partial charge in [0.15, 0.2) is 11.5 Å². The second-order valence-corrected chi connectivity index (χ2v) is 8.18. The Kier molecular flexibility index (Phi) is 7.69. The van der Waals surface area contributed by atoms with Crippen LogP contribution in [0.3, 0.4) is 0 Å². The summed E-state index contributed by atoms with van der Waals surface area (Å²) in [6, 6.07) is 13.2. The van der Waals surface area contributed by atoms with Crippen molar-refractivity contribution in [2.75, 3.05) is 37.2 Å². The van der Waals surface area contributed by atoms with Crippen molar-refractivity contribution in [1.82, 2.24) is 0 Å². The number of carbonyl (C=O) groups is 1. The molecule has 1 N–H and O–H groups in total. The fourth-order valence-corrected chi connectivity index (χ4v) is 3.51. The molecule has 2 fully saturated rings. The SMILES string of the molecule is COc1cc(N2CCCC2=O)ccc1OCCSC.Oc1ccc(C2CC2)cc1. The van der Waals surface area contributed by atoms with Crippen molar-refractivity contribution in [1.29, 1.82) is 0 Å². The quantitative estimate of drug-likeness (QED) is 0.656.